The van der Waals surface area contributed by atoms with Gasteiger partial charge in [0.25, 0.3) is 0 Å². The number of nitrogens with zero attached hydrogens (tertiary/aromatic N) is 4. The molecule has 0 aliphatic rings. The van der Waals surface area contributed by atoms with Crippen molar-refractivity contribution in [2.45, 2.75) is 12.1 Å². The first-order valence-corrected chi connectivity index (χ1v) is 10.2. The Morgan fingerprint density at radius 3 is 2.50 bits per heavy atom. The van der Waals surface area contributed by atoms with Gasteiger partial charge in [-0.25, -0.2) is 4.39 Å². The monoisotopic (exact) mass is 424 g/mol. The maximum Gasteiger partial charge on any atom is 0.300 e. The van der Waals surface area contributed by atoms with Gasteiger partial charge < -0.3 is 4.74 Å². The molecule has 2 aromatic heterocycles. The smallest absolute Gasteiger partial charge is 0.300 e. The van der Waals surface area contributed by atoms with Crippen molar-refractivity contribution in [1.29, 1.82) is 0 Å². The number of hydrogen-bond acceptors (Lipinski definition) is 6. The molecule has 152 valence electrons. The Kier molecular flexibility index (Phi) is 5.62. The van der Waals surface area contributed by atoms with Crippen molar-refractivity contribution in [3.63, 3.8) is 0 Å². The summed E-state index contributed by atoms with van der Waals surface area (Å²) in [6.07, 6.45) is 3.20. The van der Waals surface area contributed by atoms with E-state index in [1.807, 2.05) is 6.92 Å². The number of hydrogen-bond donors (Lipinski definition) is 0. The van der Waals surface area contributed by atoms with Gasteiger partial charge in [0, 0.05) is 23.6 Å². The van der Waals surface area contributed by atoms with Crippen LogP contribution in [0.1, 0.15) is 17.3 Å². The molecular weight excluding hydrogens is 407 g/mol. The van der Waals surface area contributed by atoms with Crippen LogP contribution in [-0.4, -0.2) is 37.3 Å². The minimum Gasteiger partial charge on any atom is -0.494 e. The lowest BCUT2D eigenvalue weighted by atomic mass is 10.1. The number of carbonyl (C=O) groups is 1. The fourth-order valence-corrected chi connectivity index (χ4v) is 3.70. The van der Waals surface area contributed by atoms with Crippen LogP contribution in [0, 0.1) is 5.82 Å². The molecular formula is C21H17FN4O3S. The van der Waals surface area contributed by atoms with Gasteiger partial charge in [-0.15, -0.1) is 10.2 Å². The molecule has 0 amide bonds. The zero-order chi connectivity index (χ0) is 21.1. The summed E-state index contributed by atoms with van der Waals surface area (Å²) in [5.41, 5.74) is 0.823. The number of ketones is 1. The molecule has 0 aliphatic carbocycles. The van der Waals surface area contributed by atoms with Crippen LogP contribution in [0.2, 0.25) is 0 Å². The Morgan fingerprint density at radius 1 is 1.07 bits per heavy atom. The number of thioether (sulfide) groups is 1. The standard InChI is InChI=1S/C21H17FN4O3S/c1-2-29-17-9-3-14(4-10-17)18(27)13-30-21-24-23-19-20(28)25(11-12-26(19)21)16-7-5-15(22)6-8-16/h3-12H,2,13H2,1H3. The van der Waals surface area contributed by atoms with Crippen molar-refractivity contribution in [1.82, 2.24) is 19.2 Å². The van der Waals surface area contributed by atoms with Gasteiger partial charge in [-0.2, -0.15) is 0 Å². The molecule has 2 heterocycles. The van der Waals surface area contributed by atoms with E-state index in [-0.39, 0.29) is 28.6 Å². The van der Waals surface area contributed by atoms with E-state index in [4.69, 9.17) is 4.74 Å². The molecule has 7 nitrogen and oxygen atoms in total. The van der Waals surface area contributed by atoms with Gasteiger partial charge in [0.05, 0.1) is 12.4 Å². The molecule has 0 aliphatic heterocycles. The summed E-state index contributed by atoms with van der Waals surface area (Å²) in [5.74, 6) is 0.406. The Labute approximate surface area is 175 Å². The topological polar surface area (TPSA) is 78.5 Å². The molecule has 0 unspecified atom stereocenters. The number of fused-ring (bicyclic) bond motifs is 1. The van der Waals surface area contributed by atoms with E-state index in [0.29, 0.717) is 28.8 Å². The number of halogens is 1. The third-order valence-corrected chi connectivity index (χ3v) is 5.31. The van der Waals surface area contributed by atoms with Crippen molar-refractivity contribution < 1.29 is 13.9 Å². The summed E-state index contributed by atoms with van der Waals surface area (Å²) in [5, 5.41) is 8.44. The van der Waals surface area contributed by atoms with Crippen LogP contribution >= 0.6 is 11.8 Å². The van der Waals surface area contributed by atoms with E-state index in [1.54, 1.807) is 41.1 Å². The summed E-state index contributed by atoms with van der Waals surface area (Å²) in [6, 6.07) is 12.5. The van der Waals surface area contributed by atoms with Crippen molar-refractivity contribution in [3.05, 3.63) is 82.7 Å². The highest BCUT2D eigenvalue weighted by Gasteiger charge is 2.14. The van der Waals surface area contributed by atoms with Crippen molar-refractivity contribution in [3.8, 4) is 11.4 Å². The fraction of sp³-hybridized carbons (Fsp3) is 0.143. The van der Waals surface area contributed by atoms with E-state index in [9.17, 15) is 14.0 Å². The van der Waals surface area contributed by atoms with E-state index in [2.05, 4.69) is 10.2 Å². The second-order valence-electron chi connectivity index (χ2n) is 6.30. The summed E-state index contributed by atoms with van der Waals surface area (Å²) in [4.78, 5) is 25.2. The first kappa shape index (κ1) is 19.8. The van der Waals surface area contributed by atoms with Gasteiger partial charge in [-0.05, 0) is 55.5 Å². The van der Waals surface area contributed by atoms with Crippen molar-refractivity contribution in [2.24, 2.45) is 0 Å². The van der Waals surface area contributed by atoms with Gasteiger partial charge in [-0.3, -0.25) is 18.6 Å². The predicted molar refractivity (Wildman–Crippen MR) is 111 cm³/mol. The minimum atomic E-state index is -0.388. The van der Waals surface area contributed by atoms with E-state index >= 15 is 0 Å². The number of rotatable bonds is 7. The van der Waals surface area contributed by atoms with Gasteiger partial charge in [-0.1, -0.05) is 11.8 Å². The van der Waals surface area contributed by atoms with Crippen LogP contribution in [0.4, 0.5) is 4.39 Å². The molecule has 4 aromatic rings. The Morgan fingerprint density at radius 2 is 1.80 bits per heavy atom. The van der Waals surface area contributed by atoms with E-state index < -0.39 is 0 Å². The average molecular weight is 424 g/mol. The van der Waals surface area contributed by atoms with Gasteiger partial charge in [0.15, 0.2) is 10.9 Å². The molecule has 30 heavy (non-hydrogen) atoms. The van der Waals surface area contributed by atoms with E-state index in [1.165, 1.54) is 40.6 Å². The molecule has 0 saturated carbocycles. The second kappa shape index (κ2) is 8.50. The molecule has 0 atom stereocenters. The number of Topliss-reactive ketones (excluding diaryl/α,β-unsaturated/α-hetero) is 1. The van der Waals surface area contributed by atoms with Crippen molar-refractivity contribution in [2.75, 3.05) is 12.4 Å². The molecule has 0 saturated heterocycles. The molecule has 4 rings (SSSR count). The lowest BCUT2D eigenvalue weighted by Crippen LogP contribution is -2.20. The van der Waals surface area contributed by atoms with Crippen LogP contribution in [0.15, 0.2) is 70.9 Å². The first-order chi connectivity index (χ1) is 14.6. The molecule has 0 spiro atoms. The highest BCUT2D eigenvalue weighted by molar-refractivity contribution is 7.99. The molecule has 0 bridgehead atoms. The second-order valence-corrected chi connectivity index (χ2v) is 7.24. The number of ether oxygens (including phenoxy) is 1. The Bertz CT molecular complexity index is 1250. The zero-order valence-electron chi connectivity index (χ0n) is 16.0. The third-order valence-electron chi connectivity index (χ3n) is 4.36. The third kappa shape index (κ3) is 3.97. The number of benzene rings is 2. The van der Waals surface area contributed by atoms with E-state index in [0.717, 1.165) is 0 Å². The molecule has 0 fully saturated rings. The fourth-order valence-electron chi connectivity index (χ4n) is 2.89. The summed E-state index contributed by atoms with van der Waals surface area (Å²) < 4.78 is 21.4. The predicted octanol–water partition coefficient (Wildman–Crippen LogP) is 3.39. The van der Waals surface area contributed by atoms with Gasteiger partial charge >= 0.3 is 5.56 Å². The quantitative estimate of drug-likeness (QED) is 0.334. The van der Waals surface area contributed by atoms with Crippen LogP contribution in [-0.2, 0) is 0 Å². The minimum absolute atomic E-state index is 0.0700. The van der Waals surface area contributed by atoms with Crippen LogP contribution < -0.4 is 10.3 Å². The normalized spacial score (nSPS) is 11.0. The SMILES string of the molecule is CCOc1ccc(C(=O)CSc2nnc3c(=O)n(-c4ccc(F)cc4)ccn23)cc1. The molecule has 0 N–H and O–H groups in total. The summed E-state index contributed by atoms with van der Waals surface area (Å²) in [6.45, 7) is 2.46. The highest BCUT2D eigenvalue weighted by Crippen LogP contribution is 2.19. The molecule has 2 aromatic carbocycles. The molecule has 0 radical (unpaired) electrons. The van der Waals surface area contributed by atoms with Crippen LogP contribution in [0.5, 0.6) is 5.75 Å². The molecule has 9 heteroatoms. The maximum atomic E-state index is 13.1. The van der Waals surface area contributed by atoms with Crippen molar-refractivity contribution >= 4 is 23.2 Å². The lowest BCUT2D eigenvalue weighted by Gasteiger charge is -2.06. The largest absolute Gasteiger partial charge is 0.494 e. The van der Waals surface area contributed by atoms with Gasteiger partial charge in [0.1, 0.15) is 11.6 Å². The average Bonchev–Trinajstić information content (AvgIpc) is 3.18. The highest BCUT2D eigenvalue weighted by atomic mass is 32.2. The summed E-state index contributed by atoms with van der Waals surface area (Å²) >= 11 is 1.20. The lowest BCUT2D eigenvalue weighted by molar-refractivity contribution is 0.102. The first-order valence-electron chi connectivity index (χ1n) is 9.18. The van der Waals surface area contributed by atoms with Crippen LogP contribution in [0.3, 0.4) is 0 Å². The summed E-state index contributed by atoms with van der Waals surface area (Å²) in [7, 11) is 0. The maximum absolute atomic E-state index is 13.1. The van der Waals surface area contributed by atoms with Crippen LogP contribution in [0.25, 0.3) is 11.3 Å². The van der Waals surface area contributed by atoms with Gasteiger partial charge in [0.2, 0.25) is 5.65 Å². The Hall–Kier alpha value is -3.46. The number of carbonyl (C=O) groups excluding carboxylic acids is 1. The zero-order valence-corrected chi connectivity index (χ0v) is 16.8. The Balaban J connectivity index is 1.52. The number of aromatic nitrogens is 4.